The number of likely N-dealkylation sites (N-methyl/N-ethyl adjacent to an activating group) is 2. The quantitative estimate of drug-likeness (QED) is 0.580. The van der Waals surface area contributed by atoms with Crippen LogP contribution in [0.2, 0.25) is 0 Å². The molecule has 2 atom stereocenters. The lowest BCUT2D eigenvalue weighted by atomic mass is 10.1. The molecule has 11 heavy (non-hydrogen) atoms. The second-order valence-corrected chi connectivity index (χ2v) is 3.72. The van der Waals surface area contributed by atoms with E-state index in [1.54, 1.807) is 0 Å². The summed E-state index contributed by atoms with van der Waals surface area (Å²) in [6.07, 6.45) is 0. The minimum Gasteiger partial charge on any atom is -0.313 e. The van der Waals surface area contributed by atoms with Gasteiger partial charge in [-0.1, -0.05) is 0 Å². The zero-order valence-electron chi connectivity index (χ0n) is 7.96. The SMILES string of the molecule is CN(C)[C@@H]1CNC[C@H]1N(C)C. The van der Waals surface area contributed by atoms with Gasteiger partial charge < -0.3 is 15.1 Å². The van der Waals surface area contributed by atoms with Crippen LogP contribution in [0.25, 0.3) is 0 Å². The fraction of sp³-hybridized carbons (Fsp3) is 1.00. The predicted octanol–water partition coefficient (Wildman–Crippen LogP) is -0.550. The minimum absolute atomic E-state index is 0.671. The highest BCUT2D eigenvalue weighted by atomic mass is 15.3. The van der Waals surface area contributed by atoms with E-state index in [1.165, 1.54) is 0 Å². The van der Waals surface area contributed by atoms with Gasteiger partial charge >= 0.3 is 0 Å². The van der Waals surface area contributed by atoms with Crippen molar-refractivity contribution in [2.75, 3.05) is 41.3 Å². The molecule has 0 aliphatic carbocycles. The lowest BCUT2D eigenvalue weighted by Crippen LogP contribution is -2.45. The molecule has 0 unspecified atom stereocenters. The van der Waals surface area contributed by atoms with Gasteiger partial charge in [-0.3, -0.25) is 0 Å². The van der Waals surface area contributed by atoms with Gasteiger partial charge in [0.05, 0.1) is 0 Å². The van der Waals surface area contributed by atoms with Crippen LogP contribution in [-0.4, -0.2) is 63.2 Å². The molecule has 0 amide bonds. The topological polar surface area (TPSA) is 18.5 Å². The maximum atomic E-state index is 3.40. The Morgan fingerprint density at radius 1 is 0.909 bits per heavy atom. The van der Waals surface area contributed by atoms with Crippen molar-refractivity contribution in [3.05, 3.63) is 0 Å². The molecular weight excluding hydrogens is 138 g/mol. The third-order valence-corrected chi connectivity index (χ3v) is 2.48. The molecule has 0 spiro atoms. The van der Waals surface area contributed by atoms with Gasteiger partial charge in [0.1, 0.15) is 0 Å². The smallest absolute Gasteiger partial charge is 0.0382 e. The normalized spacial score (nSPS) is 32.2. The van der Waals surface area contributed by atoms with Crippen LogP contribution in [-0.2, 0) is 0 Å². The molecule has 0 saturated carbocycles. The summed E-state index contributed by atoms with van der Waals surface area (Å²) in [6.45, 7) is 2.24. The summed E-state index contributed by atoms with van der Waals surface area (Å²) in [4.78, 5) is 4.59. The summed E-state index contributed by atoms with van der Waals surface area (Å²) in [6, 6.07) is 1.34. The predicted molar refractivity (Wildman–Crippen MR) is 47.8 cm³/mol. The van der Waals surface area contributed by atoms with Crippen molar-refractivity contribution >= 4 is 0 Å². The van der Waals surface area contributed by atoms with Crippen LogP contribution < -0.4 is 5.32 Å². The molecule has 1 rings (SSSR count). The molecule has 3 nitrogen and oxygen atoms in total. The number of hydrogen-bond acceptors (Lipinski definition) is 3. The van der Waals surface area contributed by atoms with Gasteiger partial charge in [0.25, 0.3) is 0 Å². The van der Waals surface area contributed by atoms with Crippen LogP contribution >= 0.6 is 0 Å². The number of rotatable bonds is 2. The van der Waals surface area contributed by atoms with E-state index in [1.807, 2.05) is 0 Å². The first-order valence-electron chi connectivity index (χ1n) is 4.16. The Kier molecular flexibility index (Phi) is 2.87. The largest absolute Gasteiger partial charge is 0.313 e. The van der Waals surface area contributed by atoms with Crippen molar-refractivity contribution < 1.29 is 0 Å². The maximum absolute atomic E-state index is 3.40. The van der Waals surface area contributed by atoms with Crippen molar-refractivity contribution in [3.63, 3.8) is 0 Å². The molecule has 1 N–H and O–H groups in total. The molecule has 1 aliphatic rings. The molecule has 0 aromatic heterocycles. The van der Waals surface area contributed by atoms with Gasteiger partial charge in [-0.15, -0.1) is 0 Å². The third-order valence-electron chi connectivity index (χ3n) is 2.48. The molecule has 0 aromatic rings. The summed E-state index contributed by atoms with van der Waals surface area (Å²) in [5.74, 6) is 0. The first-order chi connectivity index (χ1) is 5.13. The van der Waals surface area contributed by atoms with Crippen LogP contribution in [0.1, 0.15) is 0 Å². The van der Waals surface area contributed by atoms with E-state index < -0.39 is 0 Å². The van der Waals surface area contributed by atoms with Gasteiger partial charge in [0, 0.05) is 25.2 Å². The minimum atomic E-state index is 0.671. The second kappa shape index (κ2) is 3.52. The fourth-order valence-corrected chi connectivity index (χ4v) is 1.70. The van der Waals surface area contributed by atoms with Crippen LogP contribution in [0.15, 0.2) is 0 Å². The summed E-state index contributed by atoms with van der Waals surface area (Å²) < 4.78 is 0. The third kappa shape index (κ3) is 1.92. The van der Waals surface area contributed by atoms with Crippen molar-refractivity contribution in [1.82, 2.24) is 15.1 Å². The molecule has 1 saturated heterocycles. The molecule has 0 aromatic carbocycles. The van der Waals surface area contributed by atoms with Crippen LogP contribution in [0.3, 0.4) is 0 Å². The Morgan fingerprint density at radius 3 is 1.55 bits per heavy atom. The Bertz CT molecular complexity index is 109. The Balaban J connectivity index is 2.51. The van der Waals surface area contributed by atoms with Crippen LogP contribution in [0.5, 0.6) is 0 Å². The molecule has 0 radical (unpaired) electrons. The van der Waals surface area contributed by atoms with Crippen molar-refractivity contribution in [1.29, 1.82) is 0 Å². The van der Waals surface area contributed by atoms with Crippen LogP contribution in [0, 0.1) is 0 Å². The molecule has 0 bridgehead atoms. The van der Waals surface area contributed by atoms with E-state index in [4.69, 9.17) is 0 Å². The molecule has 1 aliphatic heterocycles. The van der Waals surface area contributed by atoms with E-state index in [9.17, 15) is 0 Å². The highest BCUT2D eigenvalue weighted by Crippen LogP contribution is 2.09. The van der Waals surface area contributed by atoms with Gasteiger partial charge in [-0.25, -0.2) is 0 Å². The lowest BCUT2D eigenvalue weighted by molar-refractivity contribution is 0.191. The van der Waals surface area contributed by atoms with Gasteiger partial charge in [0.2, 0.25) is 0 Å². The van der Waals surface area contributed by atoms with Crippen LogP contribution in [0.4, 0.5) is 0 Å². The van der Waals surface area contributed by atoms with Crippen molar-refractivity contribution in [2.24, 2.45) is 0 Å². The molecule has 1 heterocycles. The Hall–Kier alpha value is -0.120. The fourth-order valence-electron chi connectivity index (χ4n) is 1.70. The molecule has 3 heteroatoms. The zero-order chi connectivity index (χ0) is 8.43. The van der Waals surface area contributed by atoms with Gasteiger partial charge in [0.15, 0.2) is 0 Å². The number of nitrogens with zero attached hydrogens (tertiary/aromatic N) is 2. The lowest BCUT2D eigenvalue weighted by Gasteiger charge is -2.29. The summed E-state index contributed by atoms with van der Waals surface area (Å²) in [7, 11) is 8.59. The average molecular weight is 157 g/mol. The second-order valence-electron chi connectivity index (χ2n) is 3.72. The monoisotopic (exact) mass is 157 g/mol. The van der Waals surface area contributed by atoms with E-state index in [2.05, 4.69) is 43.3 Å². The molecular formula is C8H19N3. The van der Waals surface area contributed by atoms with Gasteiger partial charge in [-0.05, 0) is 28.2 Å². The van der Waals surface area contributed by atoms with Crippen molar-refractivity contribution in [3.8, 4) is 0 Å². The highest BCUT2D eigenvalue weighted by Gasteiger charge is 2.29. The van der Waals surface area contributed by atoms with Gasteiger partial charge in [-0.2, -0.15) is 0 Å². The molecule has 66 valence electrons. The van der Waals surface area contributed by atoms with E-state index in [-0.39, 0.29) is 0 Å². The summed E-state index contributed by atoms with van der Waals surface area (Å²) in [5.41, 5.74) is 0. The average Bonchev–Trinajstić information content (AvgIpc) is 2.32. The number of hydrogen-bond donors (Lipinski definition) is 1. The Labute approximate surface area is 69.4 Å². The van der Waals surface area contributed by atoms with E-state index >= 15 is 0 Å². The standard InChI is InChI=1S/C8H19N3/c1-10(2)7-5-9-6-8(7)11(3)4/h7-9H,5-6H2,1-4H3/t7-,8-/m1/s1. The number of nitrogens with one attached hydrogen (secondary N) is 1. The van der Waals surface area contributed by atoms with Crippen molar-refractivity contribution in [2.45, 2.75) is 12.1 Å². The van der Waals surface area contributed by atoms with E-state index in [0.717, 1.165) is 13.1 Å². The van der Waals surface area contributed by atoms with E-state index in [0.29, 0.717) is 12.1 Å². The maximum Gasteiger partial charge on any atom is 0.0382 e. The summed E-state index contributed by atoms with van der Waals surface area (Å²) >= 11 is 0. The molecule has 1 fully saturated rings. The first kappa shape index (κ1) is 8.97. The summed E-state index contributed by atoms with van der Waals surface area (Å²) in [5, 5.41) is 3.40. The first-order valence-corrected chi connectivity index (χ1v) is 4.16. The Morgan fingerprint density at radius 2 is 1.27 bits per heavy atom. The highest BCUT2D eigenvalue weighted by molar-refractivity contribution is 4.91. The zero-order valence-corrected chi connectivity index (χ0v) is 7.96.